The number of aromatic hydroxyl groups is 1. The summed E-state index contributed by atoms with van der Waals surface area (Å²) in [7, 11) is 0. The Bertz CT molecular complexity index is 1160. The molecule has 0 saturated carbocycles. The number of amides is 2. The molecule has 0 spiro atoms. The number of anilines is 2. The van der Waals surface area contributed by atoms with Crippen molar-refractivity contribution in [3.05, 3.63) is 87.4 Å². The summed E-state index contributed by atoms with van der Waals surface area (Å²) in [5.41, 5.74) is 2.82. The molecule has 31 heavy (non-hydrogen) atoms. The van der Waals surface area contributed by atoms with Crippen LogP contribution < -0.4 is 10.2 Å². The zero-order chi connectivity index (χ0) is 22.0. The maximum atomic E-state index is 13.3. The Labute approximate surface area is 190 Å². The van der Waals surface area contributed by atoms with Crippen molar-refractivity contribution >= 4 is 46.4 Å². The summed E-state index contributed by atoms with van der Waals surface area (Å²) in [6, 6.07) is 16.6. The van der Waals surface area contributed by atoms with Gasteiger partial charge in [-0.15, -0.1) is 0 Å². The number of carbonyl (C=O) groups is 2. The molecule has 0 fully saturated rings. The summed E-state index contributed by atoms with van der Waals surface area (Å²) in [6.45, 7) is 0.593. The van der Waals surface area contributed by atoms with Crippen LogP contribution in [-0.4, -0.2) is 23.5 Å². The quantitative estimate of drug-likeness (QED) is 0.514. The number of hydrogen-bond acceptors (Lipinski definition) is 3. The summed E-state index contributed by atoms with van der Waals surface area (Å²) in [5.74, 6) is -0.779. The van der Waals surface area contributed by atoms with Crippen LogP contribution in [0.5, 0.6) is 5.75 Å². The van der Waals surface area contributed by atoms with Crippen molar-refractivity contribution in [2.45, 2.75) is 19.3 Å². The number of aryl methyl sites for hydroxylation is 1. The second kappa shape index (κ2) is 9.00. The Morgan fingerprint density at radius 1 is 0.935 bits per heavy atom. The van der Waals surface area contributed by atoms with Crippen LogP contribution in [0.1, 0.15) is 39.1 Å². The molecule has 158 valence electrons. The van der Waals surface area contributed by atoms with Crippen molar-refractivity contribution in [2.75, 3.05) is 16.8 Å². The molecule has 3 aromatic carbocycles. The Balaban J connectivity index is 1.58. The van der Waals surface area contributed by atoms with E-state index in [2.05, 4.69) is 5.32 Å². The largest absolute Gasteiger partial charge is 0.507 e. The SMILES string of the molecule is O=C(Nc1ccc(C(=O)N2CCCCc3cc(Cl)ccc32)c(Cl)c1)c1ccccc1O. The van der Waals surface area contributed by atoms with E-state index in [1.54, 1.807) is 35.2 Å². The number of phenols is 1. The normalized spacial score (nSPS) is 13.3. The van der Waals surface area contributed by atoms with Crippen molar-refractivity contribution in [1.29, 1.82) is 0 Å². The van der Waals surface area contributed by atoms with E-state index in [4.69, 9.17) is 23.2 Å². The molecule has 0 atom stereocenters. The maximum Gasteiger partial charge on any atom is 0.259 e. The highest BCUT2D eigenvalue weighted by Gasteiger charge is 2.24. The van der Waals surface area contributed by atoms with E-state index in [-0.39, 0.29) is 22.2 Å². The second-order valence-electron chi connectivity index (χ2n) is 7.35. The predicted molar refractivity (Wildman–Crippen MR) is 124 cm³/mol. The van der Waals surface area contributed by atoms with Crippen LogP contribution in [0, 0.1) is 0 Å². The average Bonchev–Trinajstić information content (AvgIpc) is 2.95. The standard InChI is InChI=1S/C24H20Cl2N2O3/c25-16-8-11-21-15(13-16)5-3-4-12-28(21)24(31)18-10-9-17(14-20(18)26)27-23(30)19-6-1-2-7-22(19)29/h1-2,6-11,13-14,29H,3-5,12H2,(H,27,30). The fraction of sp³-hybridized carbons (Fsp3) is 0.167. The van der Waals surface area contributed by atoms with Gasteiger partial charge in [0.2, 0.25) is 0 Å². The Kier molecular flexibility index (Phi) is 6.16. The topological polar surface area (TPSA) is 69.6 Å². The van der Waals surface area contributed by atoms with Crippen LogP contribution in [0.25, 0.3) is 0 Å². The van der Waals surface area contributed by atoms with Gasteiger partial charge >= 0.3 is 0 Å². The summed E-state index contributed by atoms with van der Waals surface area (Å²) in [6.07, 6.45) is 2.72. The number of halogens is 2. The molecule has 0 unspecified atom stereocenters. The van der Waals surface area contributed by atoms with E-state index < -0.39 is 5.91 Å². The van der Waals surface area contributed by atoms with E-state index in [0.717, 1.165) is 30.5 Å². The third-order valence-electron chi connectivity index (χ3n) is 5.26. The average molecular weight is 455 g/mol. The Morgan fingerprint density at radius 2 is 1.74 bits per heavy atom. The van der Waals surface area contributed by atoms with Gasteiger partial charge in [0, 0.05) is 22.9 Å². The lowest BCUT2D eigenvalue weighted by Crippen LogP contribution is -2.32. The van der Waals surface area contributed by atoms with Gasteiger partial charge in [-0.2, -0.15) is 0 Å². The van der Waals surface area contributed by atoms with Gasteiger partial charge in [-0.3, -0.25) is 9.59 Å². The summed E-state index contributed by atoms with van der Waals surface area (Å²) < 4.78 is 0. The number of phenolic OH excluding ortho intramolecular Hbond substituents is 1. The number of rotatable bonds is 3. The van der Waals surface area contributed by atoms with Crippen molar-refractivity contribution in [2.24, 2.45) is 0 Å². The smallest absolute Gasteiger partial charge is 0.259 e. The lowest BCUT2D eigenvalue weighted by molar-refractivity contribution is 0.0985. The highest BCUT2D eigenvalue weighted by atomic mass is 35.5. The lowest BCUT2D eigenvalue weighted by atomic mass is 10.1. The van der Waals surface area contributed by atoms with E-state index in [1.165, 1.54) is 18.2 Å². The van der Waals surface area contributed by atoms with E-state index in [1.807, 2.05) is 12.1 Å². The summed E-state index contributed by atoms with van der Waals surface area (Å²) >= 11 is 12.6. The first kappa shape index (κ1) is 21.2. The molecule has 0 radical (unpaired) electrons. The van der Waals surface area contributed by atoms with Crippen LogP contribution in [0.3, 0.4) is 0 Å². The third kappa shape index (κ3) is 4.53. The van der Waals surface area contributed by atoms with Crippen LogP contribution in [-0.2, 0) is 6.42 Å². The first-order valence-corrected chi connectivity index (χ1v) is 10.7. The first-order chi connectivity index (χ1) is 14.9. The third-order valence-corrected chi connectivity index (χ3v) is 5.81. The maximum absolute atomic E-state index is 13.3. The monoisotopic (exact) mass is 454 g/mol. The lowest BCUT2D eigenvalue weighted by Gasteiger charge is -2.24. The minimum atomic E-state index is -0.466. The fourth-order valence-corrected chi connectivity index (χ4v) is 4.17. The Morgan fingerprint density at radius 3 is 2.52 bits per heavy atom. The molecule has 7 heteroatoms. The van der Waals surface area contributed by atoms with Crippen molar-refractivity contribution < 1.29 is 14.7 Å². The number of fused-ring (bicyclic) bond motifs is 1. The van der Waals surface area contributed by atoms with E-state index in [9.17, 15) is 14.7 Å². The number of benzene rings is 3. The summed E-state index contributed by atoms with van der Waals surface area (Å²) in [4.78, 5) is 27.5. The zero-order valence-corrected chi connectivity index (χ0v) is 18.1. The number of carbonyl (C=O) groups excluding carboxylic acids is 2. The molecule has 4 rings (SSSR count). The van der Waals surface area contributed by atoms with Crippen LogP contribution >= 0.6 is 23.2 Å². The second-order valence-corrected chi connectivity index (χ2v) is 8.20. The predicted octanol–water partition coefficient (Wildman–Crippen LogP) is 5.93. The zero-order valence-electron chi connectivity index (χ0n) is 16.6. The van der Waals surface area contributed by atoms with Gasteiger partial charge in [-0.05, 0) is 73.4 Å². The van der Waals surface area contributed by atoms with E-state index in [0.29, 0.717) is 22.8 Å². The Hall–Kier alpha value is -3.02. The van der Waals surface area contributed by atoms with Crippen LogP contribution in [0.2, 0.25) is 10.0 Å². The molecule has 2 amide bonds. The highest BCUT2D eigenvalue weighted by Crippen LogP contribution is 2.32. The molecule has 0 aromatic heterocycles. The van der Waals surface area contributed by atoms with Crippen LogP contribution in [0.4, 0.5) is 11.4 Å². The molecular weight excluding hydrogens is 435 g/mol. The first-order valence-electron chi connectivity index (χ1n) is 9.93. The van der Waals surface area contributed by atoms with Crippen molar-refractivity contribution in [3.8, 4) is 5.75 Å². The molecule has 1 aliphatic rings. The molecule has 0 aliphatic carbocycles. The molecule has 0 bridgehead atoms. The molecule has 1 aliphatic heterocycles. The van der Waals surface area contributed by atoms with Crippen molar-refractivity contribution in [3.63, 3.8) is 0 Å². The van der Waals surface area contributed by atoms with Crippen molar-refractivity contribution in [1.82, 2.24) is 0 Å². The molecule has 0 saturated heterocycles. The van der Waals surface area contributed by atoms with Gasteiger partial charge in [0.25, 0.3) is 11.8 Å². The van der Waals surface area contributed by atoms with E-state index >= 15 is 0 Å². The molecule has 5 nitrogen and oxygen atoms in total. The fourth-order valence-electron chi connectivity index (χ4n) is 3.71. The highest BCUT2D eigenvalue weighted by molar-refractivity contribution is 6.35. The van der Waals surface area contributed by atoms with Gasteiger partial charge in [0.05, 0.1) is 16.1 Å². The minimum Gasteiger partial charge on any atom is -0.507 e. The molecular formula is C24H20Cl2N2O3. The minimum absolute atomic E-state index is 0.113. The van der Waals surface area contributed by atoms with Gasteiger partial charge in [0.1, 0.15) is 5.75 Å². The number of nitrogens with one attached hydrogen (secondary N) is 1. The molecule has 2 N–H and O–H groups in total. The van der Waals surface area contributed by atoms with Gasteiger partial charge in [-0.1, -0.05) is 35.3 Å². The molecule has 3 aromatic rings. The van der Waals surface area contributed by atoms with Crippen LogP contribution in [0.15, 0.2) is 60.7 Å². The number of para-hydroxylation sites is 1. The number of nitrogens with zero attached hydrogens (tertiary/aromatic N) is 1. The van der Waals surface area contributed by atoms with Gasteiger partial charge < -0.3 is 15.3 Å². The van der Waals surface area contributed by atoms with Gasteiger partial charge in [0.15, 0.2) is 0 Å². The number of hydrogen-bond donors (Lipinski definition) is 2. The molecule has 1 heterocycles. The summed E-state index contributed by atoms with van der Waals surface area (Å²) in [5, 5.41) is 13.4. The van der Waals surface area contributed by atoms with Gasteiger partial charge in [-0.25, -0.2) is 0 Å².